The van der Waals surface area contributed by atoms with Gasteiger partial charge in [-0.15, -0.1) is 0 Å². The molecule has 0 spiro atoms. The Morgan fingerprint density at radius 1 is 1.29 bits per heavy atom. The summed E-state index contributed by atoms with van der Waals surface area (Å²) in [5.41, 5.74) is 0.0972. The van der Waals surface area contributed by atoms with Crippen molar-refractivity contribution in [3.8, 4) is 0 Å². The van der Waals surface area contributed by atoms with E-state index in [4.69, 9.17) is 5.11 Å². The van der Waals surface area contributed by atoms with E-state index in [9.17, 15) is 0 Å². The predicted octanol–water partition coefficient (Wildman–Crippen LogP) is 1.02. The summed E-state index contributed by atoms with van der Waals surface area (Å²) in [6, 6.07) is 0. The van der Waals surface area contributed by atoms with Gasteiger partial charge in [-0.05, 0) is 5.41 Å². The van der Waals surface area contributed by atoms with Gasteiger partial charge in [0.1, 0.15) is 0 Å². The number of hydrogen-bond acceptors (Lipinski definition) is 1. The molecule has 2 heteroatoms. The van der Waals surface area contributed by atoms with Crippen molar-refractivity contribution in [1.82, 2.24) is 0 Å². The Morgan fingerprint density at radius 2 is 1.43 bits per heavy atom. The van der Waals surface area contributed by atoms with Gasteiger partial charge < -0.3 is 5.11 Å². The van der Waals surface area contributed by atoms with Crippen LogP contribution in [0, 0.1) is 5.41 Å². The largest absolute Gasteiger partial charge is 0.396 e. The molecule has 1 nitrogen and oxygen atoms in total. The van der Waals surface area contributed by atoms with E-state index in [-0.39, 0.29) is 38.2 Å². The molecular weight excluding hydrogens is 167 g/mol. The van der Waals surface area contributed by atoms with Crippen LogP contribution in [0.15, 0.2) is 0 Å². The molecule has 42 valence electrons. The van der Waals surface area contributed by atoms with Crippen LogP contribution >= 0.6 is 0 Å². The minimum absolute atomic E-state index is 0. The molecule has 0 aromatic rings. The van der Waals surface area contributed by atoms with Crippen LogP contribution < -0.4 is 0 Å². The summed E-state index contributed by atoms with van der Waals surface area (Å²) in [6.45, 7) is 6.25. The predicted molar refractivity (Wildman–Crippen MR) is 26.5 cm³/mol. The monoisotopic (exact) mass is 178 g/mol. The van der Waals surface area contributed by atoms with E-state index >= 15 is 0 Å². The summed E-state index contributed by atoms with van der Waals surface area (Å²) in [6.07, 6.45) is 0. The van der Waals surface area contributed by atoms with Crippen LogP contribution in [-0.4, -0.2) is 11.7 Å². The fraction of sp³-hybridized carbons (Fsp3) is 1.00. The van der Waals surface area contributed by atoms with Crippen LogP contribution in [0.4, 0.5) is 0 Å². The van der Waals surface area contributed by atoms with Crippen LogP contribution in [0.3, 0.4) is 0 Å². The van der Waals surface area contributed by atoms with Crippen LogP contribution in [0.1, 0.15) is 20.8 Å². The Morgan fingerprint density at radius 3 is 1.43 bits per heavy atom. The first-order valence-electron chi connectivity index (χ1n) is 2.17. The molecule has 0 aromatic heterocycles. The van der Waals surface area contributed by atoms with Gasteiger partial charge in [0.2, 0.25) is 0 Å². The maximum absolute atomic E-state index is 8.40. The smallest absolute Gasteiger partial charge is 0.0479 e. The molecule has 0 fully saturated rings. The van der Waals surface area contributed by atoms with Crippen molar-refractivity contribution in [1.29, 1.82) is 0 Å². The van der Waals surface area contributed by atoms with Crippen molar-refractivity contribution < 1.29 is 31.3 Å². The van der Waals surface area contributed by atoms with Gasteiger partial charge in [-0.25, -0.2) is 0 Å². The molecule has 0 unspecified atom stereocenters. The second-order valence-electron chi connectivity index (χ2n) is 2.72. The fourth-order valence-corrected chi connectivity index (χ4v) is 0. The summed E-state index contributed by atoms with van der Waals surface area (Å²) in [5, 5.41) is 8.40. The Balaban J connectivity index is 0. The molecule has 0 aliphatic rings. The molecule has 0 aliphatic heterocycles. The standard InChI is InChI=1S/C5H12O.Zr/c1-5(2,3)4-6;/h6H,4H2,1-3H3;. The topological polar surface area (TPSA) is 20.2 Å². The van der Waals surface area contributed by atoms with Crippen molar-refractivity contribution >= 4 is 0 Å². The molecule has 0 atom stereocenters. The minimum atomic E-state index is 0. The molecule has 7 heavy (non-hydrogen) atoms. The van der Waals surface area contributed by atoms with Crippen LogP contribution in [0.25, 0.3) is 0 Å². The quantitative estimate of drug-likeness (QED) is 0.589. The maximum atomic E-state index is 8.40. The van der Waals surface area contributed by atoms with Crippen molar-refractivity contribution in [3.05, 3.63) is 0 Å². The molecule has 0 rings (SSSR count). The number of rotatable bonds is 0. The Labute approximate surface area is 64.2 Å². The summed E-state index contributed by atoms with van der Waals surface area (Å²) in [7, 11) is 0. The van der Waals surface area contributed by atoms with E-state index in [0.717, 1.165) is 0 Å². The fourth-order valence-electron chi connectivity index (χ4n) is 0. The summed E-state index contributed by atoms with van der Waals surface area (Å²) in [4.78, 5) is 0. The maximum Gasteiger partial charge on any atom is 0.0479 e. The summed E-state index contributed by atoms with van der Waals surface area (Å²) >= 11 is 0. The summed E-state index contributed by atoms with van der Waals surface area (Å²) < 4.78 is 0. The van der Waals surface area contributed by atoms with E-state index in [2.05, 4.69) is 0 Å². The van der Waals surface area contributed by atoms with E-state index < -0.39 is 0 Å². The average Bonchev–Trinajstić information content (AvgIpc) is 1.35. The van der Waals surface area contributed by atoms with Gasteiger partial charge in [-0.1, -0.05) is 20.8 Å². The summed E-state index contributed by atoms with van der Waals surface area (Å²) in [5.74, 6) is 0. The number of aliphatic hydroxyl groups excluding tert-OH is 1. The third-order valence-electron chi connectivity index (χ3n) is 0.474. The van der Waals surface area contributed by atoms with E-state index in [1.165, 1.54) is 0 Å². The van der Waals surface area contributed by atoms with Crippen molar-refractivity contribution in [2.24, 2.45) is 5.41 Å². The van der Waals surface area contributed by atoms with Gasteiger partial charge in [0.15, 0.2) is 0 Å². The molecule has 1 N–H and O–H groups in total. The SMILES string of the molecule is CC(C)(C)CO.[Zr]. The van der Waals surface area contributed by atoms with Gasteiger partial charge in [-0.3, -0.25) is 0 Å². The second kappa shape index (κ2) is 3.80. The number of aliphatic hydroxyl groups is 1. The molecular formula is C5H12OZr. The Hall–Kier alpha value is 0.843. The van der Waals surface area contributed by atoms with Gasteiger partial charge in [0, 0.05) is 32.8 Å². The Bertz CT molecular complexity index is 37.8. The molecule has 0 aromatic carbocycles. The zero-order chi connectivity index (χ0) is 5.21. The molecule has 0 aliphatic carbocycles. The van der Waals surface area contributed by atoms with E-state index in [1.807, 2.05) is 20.8 Å². The first kappa shape index (κ1) is 10.8. The second-order valence-corrected chi connectivity index (χ2v) is 2.72. The minimum Gasteiger partial charge on any atom is -0.396 e. The third kappa shape index (κ3) is 10.9. The van der Waals surface area contributed by atoms with Crippen molar-refractivity contribution in [2.45, 2.75) is 20.8 Å². The van der Waals surface area contributed by atoms with E-state index in [1.54, 1.807) is 0 Å². The van der Waals surface area contributed by atoms with Gasteiger partial charge in [0.25, 0.3) is 0 Å². The zero-order valence-corrected chi connectivity index (χ0v) is 7.61. The van der Waals surface area contributed by atoms with Crippen molar-refractivity contribution in [3.63, 3.8) is 0 Å². The van der Waals surface area contributed by atoms with E-state index in [0.29, 0.717) is 0 Å². The molecule has 0 saturated heterocycles. The van der Waals surface area contributed by atoms with Crippen molar-refractivity contribution in [2.75, 3.05) is 6.61 Å². The van der Waals surface area contributed by atoms with Crippen LogP contribution in [-0.2, 0) is 26.2 Å². The molecule has 0 heterocycles. The zero-order valence-electron chi connectivity index (χ0n) is 5.15. The third-order valence-corrected chi connectivity index (χ3v) is 0.474. The number of hydrogen-bond donors (Lipinski definition) is 1. The van der Waals surface area contributed by atoms with Crippen LogP contribution in [0.2, 0.25) is 0 Å². The molecule has 0 saturated carbocycles. The average molecular weight is 179 g/mol. The Kier molecular flexibility index (Phi) is 5.84. The first-order chi connectivity index (χ1) is 2.56. The normalized spacial score (nSPS) is 10.3. The van der Waals surface area contributed by atoms with Gasteiger partial charge >= 0.3 is 0 Å². The molecule has 0 bridgehead atoms. The molecule has 0 amide bonds. The van der Waals surface area contributed by atoms with Gasteiger partial charge in [0.05, 0.1) is 0 Å². The first-order valence-corrected chi connectivity index (χ1v) is 2.17. The van der Waals surface area contributed by atoms with Gasteiger partial charge in [-0.2, -0.15) is 0 Å². The van der Waals surface area contributed by atoms with Crippen LogP contribution in [0.5, 0.6) is 0 Å². The molecule has 0 radical (unpaired) electrons.